The number of aryl methyl sites for hydroxylation is 1. The number of benzene rings is 1. The van der Waals surface area contributed by atoms with Crippen LogP contribution in [0.15, 0.2) is 30.3 Å². The molecule has 76 valence electrons. The van der Waals surface area contributed by atoms with Crippen LogP contribution in [0, 0.1) is 6.26 Å². The van der Waals surface area contributed by atoms with Gasteiger partial charge in [0, 0.05) is 6.42 Å². The normalized spacial score (nSPS) is 7.86. The van der Waals surface area contributed by atoms with Gasteiger partial charge in [0.1, 0.15) is 0 Å². The standard InChI is InChI=1S/C10H11NO.C2H6/c12-9-11-8-4-7-10-5-2-1-3-6-10;1-2/h1-3,5-6H,4,7-8H2;1-2H3/p+1. The van der Waals surface area contributed by atoms with Crippen LogP contribution in [0.1, 0.15) is 25.8 Å². The molecule has 0 unspecified atom stereocenters. The summed E-state index contributed by atoms with van der Waals surface area (Å²) in [5, 5.41) is 8.15. The highest BCUT2D eigenvalue weighted by Crippen LogP contribution is 2.01. The van der Waals surface area contributed by atoms with E-state index in [-0.39, 0.29) is 0 Å². The van der Waals surface area contributed by atoms with Crippen LogP contribution in [-0.4, -0.2) is 11.7 Å². The maximum Gasteiger partial charge on any atom is 0.511 e. The Labute approximate surface area is 86.0 Å². The van der Waals surface area contributed by atoms with E-state index in [1.165, 1.54) is 5.56 Å². The molecule has 0 aromatic heterocycles. The number of aliphatic hydroxyl groups excluding tert-OH is 1. The molecule has 0 aliphatic carbocycles. The minimum Gasteiger partial charge on any atom is -0.408 e. The summed E-state index contributed by atoms with van der Waals surface area (Å²) in [5.74, 6) is 0. The van der Waals surface area contributed by atoms with Gasteiger partial charge < -0.3 is 5.11 Å². The predicted molar refractivity (Wildman–Crippen MR) is 60.2 cm³/mol. The molecule has 0 saturated heterocycles. The molecule has 0 radical (unpaired) electrons. The van der Waals surface area contributed by atoms with Crippen LogP contribution in [0.5, 0.6) is 0 Å². The third kappa shape index (κ3) is 6.07. The van der Waals surface area contributed by atoms with Gasteiger partial charge in [0.15, 0.2) is 0 Å². The predicted octanol–water partition coefficient (Wildman–Crippen LogP) is 3.31. The van der Waals surface area contributed by atoms with E-state index < -0.39 is 0 Å². The molecule has 0 spiro atoms. The lowest BCUT2D eigenvalue weighted by molar-refractivity contribution is 0.514. The Balaban J connectivity index is 0.000000791. The van der Waals surface area contributed by atoms with Crippen LogP contribution in [0.4, 0.5) is 0 Å². The first-order chi connectivity index (χ1) is 6.93. The molecule has 0 heterocycles. The molecule has 0 amide bonds. The molecule has 1 N–H and O–H groups in total. The van der Waals surface area contributed by atoms with E-state index in [4.69, 9.17) is 5.11 Å². The molecular weight excluding hydrogens is 174 g/mol. The van der Waals surface area contributed by atoms with E-state index in [1.54, 1.807) is 6.26 Å². The Bertz CT molecular complexity index is 271. The van der Waals surface area contributed by atoms with Crippen molar-refractivity contribution in [1.82, 2.24) is 0 Å². The average molecular weight is 192 g/mol. The smallest absolute Gasteiger partial charge is 0.408 e. The van der Waals surface area contributed by atoms with Gasteiger partial charge in [-0.2, -0.15) is 0 Å². The molecule has 14 heavy (non-hydrogen) atoms. The molecule has 2 heteroatoms. The topological polar surface area (TPSA) is 24.6 Å². The molecule has 0 fully saturated rings. The lowest BCUT2D eigenvalue weighted by atomic mass is 10.1. The van der Waals surface area contributed by atoms with Gasteiger partial charge in [-0.1, -0.05) is 44.2 Å². The van der Waals surface area contributed by atoms with E-state index in [0.29, 0.717) is 6.54 Å². The molecular formula is C12H18NO+. The van der Waals surface area contributed by atoms with Gasteiger partial charge >= 0.3 is 6.26 Å². The summed E-state index contributed by atoms with van der Waals surface area (Å²) in [7, 11) is 0. The molecule has 0 atom stereocenters. The van der Waals surface area contributed by atoms with Crippen molar-refractivity contribution in [3.05, 3.63) is 40.7 Å². The van der Waals surface area contributed by atoms with Crippen molar-refractivity contribution < 1.29 is 5.11 Å². The maximum atomic E-state index is 8.15. The summed E-state index contributed by atoms with van der Waals surface area (Å²) < 4.78 is 0. The highest BCUT2D eigenvalue weighted by Gasteiger charge is 1.94. The van der Waals surface area contributed by atoms with Gasteiger partial charge in [-0.3, -0.25) is 0 Å². The zero-order valence-corrected chi connectivity index (χ0v) is 8.90. The SMILES string of the molecule is CC.OC#[N+]CCCc1ccccc1. The zero-order chi connectivity index (χ0) is 10.6. The van der Waals surface area contributed by atoms with Crippen LogP contribution >= 0.6 is 0 Å². The number of hydrogen-bond donors (Lipinski definition) is 1. The lowest BCUT2D eigenvalue weighted by Crippen LogP contribution is -1.85. The zero-order valence-electron chi connectivity index (χ0n) is 8.90. The third-order valence-corrected chi connectivity index (χ3v) is 1.65. The van der Waals surface area contributed by atoms with Crippen LogP contribution in [-0.2, 0) is 6.42 Å². The summed E-state index contributed by atoms with van der Waals surface area (Å²) in [6, 6.07) is 10.2. The van der Waals surface area contributed by atoms with Crippen LogP contribution in [0.3, 0.4) is 0 Å². The second kappa shape index (κ2) is 9.60. The van der Waals surface area contributed by atoms with E-state index >= 15 is 0 Å². The van der Waals surface area contributed by atoms with Gasteiger partial charge in [0.05, 0.1) is 0 Å². The molecule has 0 bridgehead atoms. The van der Waals surface area contributed by atoms with Crippen LogP contribution in [0.25, 0.3) is 4.85 Å². The van der Waals surface area contributed by atoms with E-state index in [0.717, 1.165) is 12.8 Å². The number of aliphatic hydroxyl groups is 1. The minimum atomic E-state index is 0.644. The quantitative estimate of drug-likeness (QED) is 0.576. The number of nitrogens with zero attached hydrogens (tertiary/aromatic N) is 1. The average Bonchev–Trinajstić information content (AvgIpc) is 2.29. The van der Waals surface area contributed by atoms with Gasteiger partial charge in [-0.05, 0) is 16.8 Å². The van der Waals surface area contributed by atoms with Gasteiger partial charge in [-0.15, -0.1) is 0 Å². The highest BCUT2D eigenvalue weighted by molar-refractivity contribution is 5.14. The van der Waals surface area contributed by atoms with Crippen LogP contribution < -0.4 is 0 Å². The fraction of sp³-hybridized carbons (Fsp3) is 0.417. The van der Waals surface area contributed by atoms with E-state index in [2.05, 4.69) is 17.0 Å². The largest absolute Gasteiger partial charge is 0.511 e. The van der Waals surface area contributed by atoms with Crippen molar-refractivity contribution in [2.75, 3.05) is 6.54 Å². The Morgan fingerprint density at radius 2 is 1.86 bits per heavy atom. The fourth-order valence-corrected chi connectivity index (χ4v) is 1.06. The van der Waals surface area contributed by atoms with Crippen molar-refractivity contribution in [2.24, 2.45) is 0 Å². The number of hydrogen-bond acceptors (Lipinski definition) is 1. The van der Waals surface area contributed by atoms with Crippen LogP contribution in [0.2, 0.25) is 0 Å². The molecule has 1 aromatic carbocycles. The second-order valence-corrected chi connectivity index (χ2v) is 2.57. The Kier molecular flexibility index (Phi) is 8.58. The summed E-state index contributed by atoms with van der Waals surface area (Å²) in [6.07, 6.45) is 3.74. The van der Waals surface area contributed by atoms with Gasteiger partial charge in [0.25, 0.3) is 6.54 Å². The lowest BCUT2D eigenvalue weighted by Gasteiger charge is -1.93. The second-order valence-electron chi connectivity index (χ2n) is 2.57. The first-order valence-corrected chi connectivity index (χ1v) is 5.03. The maximum absolute atomic E-state index is 8.15. The molecule has 0 aliphatic heterocycles. The van der Waals surface area contributed by atoms with E-state index in [1.807, 2.05) is 32.0 Å². The molecule has 0 aliphatic rings. The number of rotatable bonds is 3. The molecule has 0 saturated carbocycles. The van der Waals surface area contributed by atoms with Crippen molar-refractivity contribution in [3.63, 3.8) is 0 Å². The van der Waals surface area contributed by atoms with Crippen molar-refractivity contribution >= 4 is 0 Å². The first-order valence-electron chi connectivity index (χ1n) is 5.03. The molecule has 1 rings (SSSR count). The molecule has 1 aromatic rings. The summed E-state index contributed by atoms with van der Waals surface area (Å²) in [4.78, 5) is 3.59. The Morgan fingerprint density at radius 1 is 1.21 bits per heavy atom. The Hall–Kier alpha value is -1.49. The first kappa shape index (κ1) is 12.5. The summed E-state index contributed by atoms with van der Waals surface area (Å²) in [6.45, 7) is 4.64. The summed E-state index contributed by atoms with van der Waals surface area (Å²) in [5.41, 5.74) is 1.31. The van der Waals surface area contributed by atoms with Crippen molar-refractivity contribution in [3.8, 4) is 6.26 Å². The van der Waals surface area contributed by atoms with Crippen molar-refractivity contribution in [1.29, 1.82) is 0 Å². The fourth-order valence-electron chi connectivity index (χ4n) is 1.06. The third-order valence-electron chi connectivity index (χ3n) is 1.65. The van der Waals surface area contributed by atoms with Gasteiger partial charge in [-0.25, -0.2) is 0 Å². The molecule has 2 nitrogen and oxygen atoms in total. The monoisotopic (exact) mass is 192 g/mol. The van der Waals surface area contributed by atoms with E-state index in [9.17, 15) is 0 Å². The summed E-state index contributed by atoms with van der Waals surface area (Å²) >= 11 is 0. The van der Waals surface area contributed by atoms with Crippen molar-refractivity contribution in [2.45, 2.75) is 26.7 Å². The minimum absolute atomic E-state index is 0.644. The van der Waals surface area contributed by atoms with Gasteiger partial charge in [0.2, 0.25) is 0 Å². The Morgan fingerprint density at radius 3 is 2.43 bits per heavy atom. The highest BCUT2D eigenvalue weighted by atomic mass is 16.2.